The van der Waals surface area contributed by atoms with Crippen molar-refractivity contribution in [3.63, 3.8) is 0 Å². The molecule has 2 bridgehead atoms. The molecule has 13 atom stereocenters. The minimum atomic E-state index is -2.11. The van der Waals surface area contributed by atoms with Crippen LogP contribution in [-0.2, 0) is 57.2 Å². The predicted octanol–water partition coefficient (Wildman–Crippen LogP) is 2.98. The van der Waals surface area contributed by atoms with Gasteiger partial charge in [-0.05, 0) is 24.8 Å². The number of furan rings is 1. The summed E-state index contributed by atoms with van der Waals surface area (Å²) in [5, 5.41) is 13.7. The molecule has 49 heavy (non-hydrogen) atoms. The molecule has 1 aliphatic heterocycles. The highest BCUT2D eigenvalue weighted by Gasteiger charge is 2.91. The quantitative estimate of drug-likeness (QED) is 0.325. The molecule has 14 nitrogen and oxygen atoms in total. The molecule has 14 heteroatoms. The molecule has 6 rings (SSSR count). The molecule has 0 unspecified atom stereocenters. The standard InChI is InChI=1S/C35H44O14/c1-16(36)45-24-11-23-33(7)21(12-25(40)43-8)31(5)15-34(33,49-19(4)39)27(29(31)46-17(2)37)30(47-18(3)38)35(23,42)22-13-26(41)48-28(32(22,24)6)20-9-10-44-14-20/h9-10,14,21-24,27-30,42H,11-13,15H2,1-8H3/t21-,22-,23+,24-,27-,28-,29+,30+,31-,32+,33+,34+,35+/m0/s1. The van der Waals surface area contributed by atoms with Gasteiger partial charge in [0.2, 0.25) is 0 Å². The number of aliphatic hydroxyl groups is 1. The van der Waals surface area contributed by atoms with Crippen molar-refractivity contribution in [3.8, 4) is 0 Å². The Kier molecular flexibility index (Phi) is 8.04. The second-order valence-electron chi connectivity index (χ2n) is 15.2. The van der Waals surface area contributed by atoms with Crippen molar-refractivity contribution in [3.05, 3.63) is 24.2 Å². The average Bonchev–Trinajstić information content (AvgIpc) is 3.65. The van der Waals surface area contributed by atoms with Gasteiger partial charge in [-0.3, -0.25) is 28.8 Å². The Bertz CT molecular complexity index is 1590. The summed E-state index contributed by atoms with van der Waals surface area (Å²) in [5.74, 6) is -7.99. The van der Waals surface area contributed by atoms with E-state index in [4.69, 9.17) is 32.8 Å². The number of cyclic esters (lactones) is 1. The lowest BCUT2D eigenvalue weighted by Gasteiger charge is -2.72. The third-order valence-corrected chi connectivity index (χ3v) is 13.0. The maximum atomic E-state index is 13.7. The van der Waals surface area contributed by atoms with E-state index in [0.29, 0.717) is 5.56 Å². The number of ether oxygens (including phenoxy) is 6. The molecule has 1 aromatic heterocycles. The summed E-state index contributed by atoms with van der Waals surface area (Å²) >= 11 is 0. The van der Waals surface area contributed by atoms with Gasteiger partial charge in [0.05, 0.1) is 37.4 Å². The van der Waals surface area contributed by atoms with Gasteiger partial charge in [0.15, 0.2) is 0 Å². The number of hydrogen-bond acceptors (Lipinski definition) is 14. The Morgan fingerprint density at radius 1 is 0.918 bits per heavy atom. The smallest absolute Gasteiger partial charge is 0.306 e. The van der Waals surface area contributed by atoms with Crippen LogP contribution in [0.1, 0.15) is 85.8 Å². The van der Waals surface area contributed by atoms with E-state index in [9.17, 15) is 33.9 Å². The lowest BCUT2D eigenvalue weighted by atomic mass is 9.36. The van der Waals surface area contributed by atoms with Crippen molar-refractivity contribution in [1.82, 2.24) is 0 Å². The molecule has 2 heterocycles. The summed E-state index contributed by atoms with van der Waals surface area (Å²) in [6.45, 7) is 10.3. The zero-order chi connectivity index (χ0) is 36.1. The summed E-state index contributed by atoms with van der Waals surface area (Å²) in [6, 6.07) is 1.61. The van der Waals surface area contributed by atoms with E-state index < -0.39 is 111 Å². The van der Waals surface area contributed by atoms with Crippen LogP contribution < -0.4 is 0 Å². The highest BCUT2D eigenvalue weighted by atomic mass is 16.6. The summed E-state index contributed by atoms with van der Waals surface area (Å²) in [6.07, 6.45) is -2.41. The highest BCUT2D eigenvalue weighted by Crippen LogP contribution is 2.82. The lowest BCUT2D eigenvalue weighted by Crippen LogP contribution is -2.83. The minimum Gasteiger partial charge on any atom is -0.472 e. The van der Waals surface area contributed by atoms with E-state index >= 15 is 0 Å². The first-order valence-electron chi connectivity index (χ1n) is 16.5. The largest absolute Gasteiger partial charge is 0.472 e. The minimum absolute atomic E-state index is 0.0645. The van der Waals surface area contributed by atoms with E-state index in [2.05, 4.69) is 0 Å². The van der Waals surface area contributed by atoms with Gasteiger partial charge < -0.3 is 37.9 Å². The summed E-state index contributed by atoms with van der Waals surface area (Å²) in [5.41, 5.74) is -6.92. The van der Waals surface area contributed by atoms with Gasteiger partial charge in [-0.2, -0.15) is 0 Å². The Hall–Kier alpha value is -3.94. The summed E-state index contributed by atoms with van der Waals surface area (Å²) in [7, 11) is 1.24. The Morgan fingerprint density at radius 2 is 1.55 bits per heavy atom. The second kappa shape index (κ2) is 11.3. The lowest BCUT2D eigenvalue weighted by molar-refractivity contribution is -0.365. The van der Waals surface area contributed by atoms with Gasteiger partial charge >= 0.3 is 35.8 Å². The molecule has 0 amide bonds. The third kappa shape index (κ3) is 4.54. The van der Waals surface area contributed by atoms with Crippen molar-refractivity contribution < 1.29 is 66.7 Å². The molecule has 5 aliphatic rings. The van der Waals surface area contributed by atoms with Gasteiger partial charge in [-0.25, -0.2) is 0 Å². The summed E-state index contributed by atoms with van der Waals surface area (Å²) < 4.78 is 41.0. The van der Waals surface area contributed by atoms with Crippen LogP contribution in [0.5, 0.6) is 0 Å². The van der Waals surface area contributed by atoms with Crippen molar-refractivity contribution in [2.75, 3.05) is 7.11 Å². The number of methoxy groups -OCH3 is 1. The van der Waals surface area contributed by atoms with Crippen LogP contribution in [0.15, 0.2) is 23.0 Å². The van der Waals surface area contributed by atoms with E-state index in [1.165, 1.54) is 47.3 Å². The van der Waals surface area contributed by atoms with Gasteiger partial charge in [0, 0.05) is 62.3 Å². The van der Waals surface area contributed by atoms with E-state index in [0.717, 1.165) is 0 Å². The van der Waals surface area contributed by atoms with E-state index in [1.807, 2.05) is 13.8 Å². The molecule has 1 N–H and O–H groups in total. The van der Waals surface area contributed by atoms with Gasteiger partial charge in [0.1, 0.15) is 35.6 Å². The van der Waals surface area contributed by atoms with Crippen LogP contribution in [0.3, 0.4) is 0 Å². The molecule has 1 aromatic rings. The molecule has 268 valence electrons. The zero-order valence-electron chi connectivity index (χ0n) is 28.9. The monoisotopic (exact) mass is 688 g/mol. The number of carbonyl (C=O) groups is 6. The Labute approximate surface area is 283 Å². The van der Waals surface area contributed by atoms with Crippen LogP contribution >= 0.6 is 0 Å². The number of rotatable bonds is 7. The molecular weight excluding hydrogens is 644 g/mol. The molecule has 1 saturated heterocycles. The Balaban J connectivity index is 1.69. The molecule has 5 fully saturated rings. The highest BCUT2D eigenvalue weighted by molar-refractivity contribution is 5.74. The van der Waals surface area contributed by atoms with Crippen LogP contribution in [0.25, 0.3) is 0 Å². The SMILES string of the molecule is COC(=O)C[C@H]1[C@]2(C)C[C@@]3(OC(C)=O)[C@@H]([C@H]2OC(C)=O)[C@@H](OC(C)=O)[C@@]2(O)[C@H]4CC(=O)O[C@@H](c5ccoc5)[C@@]4(C)[C@@H](OC(C)=O)C[C@@H]2[C@@]13C. The number of carbonyl (C=O) groups excluding carboxylic acids is 6. The number of esters is 6. The zero-order valence-corrected chi connectivity index (χ0v) is 28.9. The first-order valence-corrected chi connectivity index (χ1v) is 16.5. The normalized spacial score (nSPS) is 44.5. The fourth-order valence-electron chi connectivity index (χ4n) is 11.6. The Morgan fingerprint density at radius 3 is 2.10 bits per heavy atom. The maximum absolute atomic E-state index is 13.7. The topological polar surface area (TPSA) is 191 Å². The molecular formula is C35H44O14. The van der Waals surface area contributed by atoms with Crippen molar-refractivity contribution in [2.45, 2.75) is 110 Å². The molecule has 0 radical (unpaired) electrons. The fourth-order valence-corrected chi connectivity index (χ4v) is 11.6. The van der Waals surface area contributed by atoms with Crippen LogP contribution in [0.4, 0.5) is 0 Å². The molecule has 0 aromatic carbocycles. The maximum Gasteiger partial charge on any atom is 0.306 e. The van der Waals surface area contributed by atoms with Gasteiger partial charge in [0.25, 0.3) is 0 Å². The predicted molar refractivity (Wildman–Crippen MR) is 162 cm³/mol. The van der Waals surface area contributed by atoms with Gasteiger partial charge in [-0.15, -0.1) is 0 Å². The average molecular weight is 689 g/mol. The van der Waals surface area contributed by atoms with Crippen molar-refractivity contribution in [2.24, 2.45) is 39.9 Å². The molecule has 4 aliphatic carbocycles. The fraction of sp³-hybridized carbons (Fsp3) is 0.714. The van der Waals surface area contributed by atoms with Crippen LogP contribution in [0, 0.1) is 39.9 Å². The first-order chi connectivity index (χ1) is 22.8. The van der Waals surface area contributed by atoms with Crippen molar-refractivity contribution in [1.29, 1.82) is 0 Å². The summed E-state index contributed by atoms with van der Waals surface area (Å²) in [4.78, 5) is 78.5. The van der Waals surface area contributed by atoms with Crippen molar-refractivity contribution >= 4 is 35.8 Å². The van der Waals surface area contributed by atoms with Crippen LogP contribution in [0.2, 0.25) is 0 Å². The first kappa shape index (κ1) is 34.9. The van der Waals surface area contributed by atoms with E-state index in [1.54, 1.807) is 13.0 Å². The van der Waals surface area contributed by atoms with Gasteiger partial charge in [-0.1, -0.05) is 20.8 Å². The molecule has 4 saturated carbocycles. The number of hydrogen-bond donors (Lipinski definition) is 1. The van der Waals surface area contributed by atoms with E-state index in [-0.39, 0.29) is 25.7 Å². The van der Waals surface area contributed by atoms with Crippen LogP contribution in [-0.4, -0.2) is 77.5 Å². The third-order valence-electron chi connectivity index (χ3n) is 13.0. The second-order valence-corrected chi connectivity index (χ2v) is 15.2. The molecule has 0 spiro atoms. The number of fused-ring (bicyclic) bond motifs is 5.